The molecule has 1 heterocycles. The molecule has 0 aliphatic heterocycles. The zero-order chi connectivity index (χ0) is 20.1. The minimum atomic E-state index is -0.00794. The van der Waals surface area contributed by atoms with Gasteiger partial charge in [-0.2, -0.15) is 4.68 Å². The van der Waals surface area contributed by atoms with Crippen LogP contribution in [0.25, 0.3) is 5.69 Å². The van der Waals surface area contributed by atoms with Crippen LogP contribution >= 0.6 is 11.8 Å². The molecule has 0 unspecified atom stereocenters. The number of amides is 1. The monoisotopic (exact) mass is 397 g/mol. The van der Waals surface area contributed by atoms with Crippen LogP contribution in [0.2, 0.25) is 0 Å². The fraction of sp³-hybridized carbons (Fsp3) is 0.300. The lowest BCUT2D eigenvalue weighted by molar-refractivity contribution is -0.127. The van der Waals surface area contributed by atoms with Crippen molar-refractivity contribution in [2.24, 2.45) is 0 Å². The number of methoxy groups -OCH3 is 1. The third-order valence-corrected chi connectivity index (χ3v) is 5.50. The Kier molecular flexibility index (Phi) is 6.30. The molecular weight excluding hydrogens is 374 g/mol. The van der Waals surface area contributed by atoms with Crippen molar-refractivity contribution in [3.8, 4) is 11.4 Å². The van der Waals surface area contributed by atoms with Gasteiger partial charge in [-0.25, -0.2) is 0 Å². The molecule has 0 saturated heterocycles. The molecule has 1 amide bonds. The molecule has 3 aromatic rings. The highest BCUT2D eigenvalue weighted by Gasteiger charge is 2.16. The van der Waals surface area contributed by atoms with E-state index >= 15 is 0 Å². The molecule has 0 radical (unpaired) electrons. The van der Waals surface area contributed by atoms with Gasteiger partial charge in [0.1, 0.15) is 5.75 Å². The maximum Gasteiger partial charge on any atom is 0.233 e. The van der Waals surface area contributed by atoms with Crippen LogP contribution in [0.4, 0.5) is 0 Å². The fourth-order valence-corrected chi connectivity index (χ4v) is 3.62. The van der Waals surface area contributed by atoms with Gasteiger partial charge in [-0.3, -0.25) is 4.79 Å². The normalized spacial score (nSPS) is 10.7. The number of carbonyl (C=O) groups is 1. The van der Waals surface area contributed by atoms with E-state index in [1.807, 2.05) is 56.3 Å². The fourth-order valence-electron chi connectivity index (χ4n) is 2.80. The van der Waals surface area contributed by atoms with E-state index in [1.165, 1.54) is 11.8 Å². The molecule has 3 rings (SSSR count). The molecule has 0 N–H and O–H groups in total. The quantitative estimate of drug-likeness (QED) is 0.571. The minimum Gasteiger partial charge on any atom is -0.496 e. The zero-order valence-corrected chi connectivity index (χ0v) is 17.2. The lowest BCUT2D eigenvalue weighted by Gasteiger charge is -2.18. The van der Waals surface area contributed by atoms with Crippen LogP contribution < -0.4 is 4.74 Å². The molecule has 0 fully saturated rings. The summed E-state index contributed by atoms with van der Waals surface area (Å²) in [5, 5.41) is 12.5. The minimum absolute atomic E-state index is 0.00794. The first-order chi connectivity index (χ1) is 13.5. The van der Waals surface area contributed by atoms with Crippen molar-refractivity contribution in [3.05, 3.63) is 59.2 Å². The van der Waals surface area contributed by atoms with E-state index < -0.39 is 0 Å². The lowest BCUT2D eigenvalue weighted by Crippen LogP contribution is -2.28. The second kappa shape index (κ2) is 8.88. The predicted molar refractivity (Wildman–Crippen MR) is 109 cm³/mol. The molecule has 0 aliphatic rings. The van der Waals surface area contributed by atoms with Crippen LogP contribution in [0.1, 0.15) is 16.7 Å². The zero-order valence-electron chi connectivity index (χ0n) is 16.4. The lowest BCUT2D eigenvalue weighted by atomic mass is 10.1. The van der Waals surface area contributed by atoms with Gasteiger partial charge in [0.2, 0.25) is 11.1 Å². The number of para-hydroxylation sites is 1. The number of aromatic nitrogens is 4. The average molecular weight is 398 g/mol. The maximum absolute atomic E-state index is 12.6. The molecule has 0 atom stereocenters. The summed E-state index contributed by atoms with van der Waals surface area (Å²) in [4.78, 5) is 14.3. The van der Waals surface area contributed by atoms with Gasteiger partial charge < -0.3 is 9.64 Å². The van der Waals surface area contributed by atoms with E-state index in [0.29, 0.717) is 11.7 Å². The molecule has 146 valence electrons. The molecule has 0 saturated carbocycles. The number of benzene rings is 2. The second-order valence-electron chi connectivity index (χ2n) is 6.44. The third kappa shape index (κ3) is 4.33. The topological polar surface area (TPSA) is 73.1 Å². The number of thioether (sulfide) groups is 1. The number of nitrogens with zero attached hydrogens (tertiary/aromatic N) is 5. The predicted octanol–water partition coefficient (Wildman–Crippen LogP) is 3.04. The number of hydrogen-bond donors (Lipinski definition) is 0. The van der Waals surface area contributed by atoms with Crippen molar-refractivity contribution in [2.75, 3.05) is 19.9 Å². The summed E-state index contributed by atoms with van der Waals surface area (Å²) in [7, 11) is 3.41. The first-order valence-corrected chi connectivity index (χ1v) is 9.83. The molecular formula is C20H23N5O2S. The number of aryl methyl sites for hydroxylation is 1. The van der Waals surface area contributed by atoms with Gasteiger partial charge >= 0.3 is 0 Å². The van der Waals surface area contributed by atoms with E-state index in [-0.39, 0.29) is 11.7 Å². The SMILES string of the molecule is COc1ccccc1CN(C)C(=O)CSc1nnnn1-c1cccc(C)c1C. The van der Waals surface area contributed by atoms with Gasteiger partial charge in [0, 0.05) is 19.2 Å². The maximum atomic E-state index is 12.6. The van der Waals surface area contributed by atoms with Crippen LogP contribution in [0, 0.1) is 13.8 Å². The molecule has 1 aromatic heterocycles. The first kappa shape index (κ1) is 19.9. The molecule has 0 spiro atoms. The van der Waals surface area contributed by atoms with Crippen molar-refractivity contribution in [1.29, 1.82) is 0 Å². The summed E-state index contributed by atoms with van der Waals surface area (Å²) in [6.45, 7) is 4.56. The van der Waals surface area contributed by atoms with Crippen LogP contribution in [0.5, 0.6) is 5.75 Å². The van der Waals surface area contributed by atoms with Gasteiger partial charge in [0.05, 0.1) is 18.6 Å². The number of carbonyl (C=O) groups excluding carboxylic acids is 1. The number of hydrogen-bond acceptors (Lipinski definition) is 6. The summed E-state index contributed by atoms with van der Waals surface area (Å²) in [6, 6.07) is 13.7. The van der Waals surface area contributed by atoms with Crippen LogP contribution in [-0.4, -0.2) is 50.9 Å². The summed E-state index contributed by atoms with van der Waals surface area (Å²) >= 11 is 1.32. The van der Waals surface area contributed by atoms with Gasteiger partial charge in [-0.15, -0.1) is 5.10 Å². The highest BCUT2D eigenvalue weighted by atomic mass is 32.2. The second-order valence-corrected chi connectivity index (χ2v) is 7.39. The van der Waals surface area contributed by atoms with Crippen molar-refractivity contribution in [3.63, 3.8) is 0 Å². The van der Waals surface area contributed by atoms with E-state index in [9.17, 15) is 4.79 Å². The number of ether oxygens (including phenoxy) is 1. The Morgan fingerprint density at radius 1 is 1.18 bits per heavy atom. The first-order valence-electron chi connectivity index (χ1n) is 8.85. The van der Waals surface area contributed by atoms with Crippen LogP contribution in [0.3, 0.4) is 0 Å². The Hall–Kier alpha value is -2.87. The Bertz CT molecular complexity index is 973. The van der Waals surface area contributed by atoms with Crippen molar-refractivity contribution < 1.29 is 9.53 Å². The summed E-state index contributed by atoms with van der Waals surface area (Å²) in [6.07, 6.45) is 0. The number of rotatable bonds is 7. The molecule has 2 aromatic carbocycles. The van der Waals surface area contributed by atoms with Gasteiger partial charge in [0.15, 0.2) is 0 Å². The standard InChI is InChI=1S/C20H23N5O2S/c1-14-8-7-10-17(15(14)2)25-20(21-22-23-25)28-13-19(26)24(3)12-16-9-5-6-11-18(16)27-4/h5-11H,12-13H2,1-4H3. The van der Waals surface area contributed by atoms with Crippen molar-refractivity contribution in [2.45, 2.75) is 25.5 Å². The van der Waals surface area contributed by atoms with Gasteiger partial charge in [-0.05, 0) is 47.5 Å². The van der Waals surface area contributed by atoms with Crippen molar-refractivity contribution >= 4 is 17.7 Å². The van der Waals surface area contributed by atoms with Gasteiger partial charge in [-0.1, -0.05) is 42.1 Å². The van der Waals surface area contributed by atoms with E-state index in [2.05, 4.69) is 15.5 Å². The smallest absolute Gasteiger partial charge is 0.233 e. The van der Waals surface area contributed by atoms with E-state index in [4.69, 9.17) is 4.74 Å². The molecule has 0 aliphatic carbocycles. The average Bonchev–Trinajstić information content (AvgIpc) is 3.17. The molecule has 28 heavy (non-hydrogen) atoms. The van der Waals surface area contributed by atoms with Crippen molar-refractivity contribution in [1.82, 2.24) is 25.1 Å². The summed E-state index contributed by atoms with van der Waals surface area (Å²) < 4.78 is 7.04. The highest BCUT2D eigenvalue weighted by Crippen LogP contribution is 2.23. The van der Waals surface area contributed by atoms with Gasteiger partial charge in [0.25, 0.3) is 0 Å². The highest BCUT2D eigenvalue weighted by molar-refractivity contribution is 7.99. The molecule has 0 bridgehead atoms. The molecule has 7 nitrogen and oxygen atoms in total. The van der Waals surface area contributed by atoms with Crippen LogP contribution in [0.15, 0.2) is 47.6 Å². The number of tetrazole rings is 1. The Balaban J connectivity index is 1.67. The Morgan fingerprint density at radius 2 is 1.96 bits per heavy atom. The van der Waals surface area contributed by atoms with Crippen LogP contribution in [-0.2, 0) is 11.3 Å². The Morgan fingerprint density at radius 3 is 2.75 bits per heavy atom. The van der Waals surface area contributed by atoms with E-state index in [1.54, 1.807) is 23.7 Å². The third-order valence-electron chi connectivity index (χ3n) is 4.60. The Labute approximate surface area is 168 Å². The van der Waals surface area contributed by atoms with E-state index in [0.717, 1.165) is 28.1 Å². The molecule has 8 heteroatoms. The summed E-state index contributed by atoms with van der Waals surface area (Å²) in [5.74, 6) is 1.01. The summed E-state index contributed by atoms with van der Waals surface area (Å²) in [5.41, 5.74) is 4.15. The largest absolute Gasteiger partial charge is 0.496 e.